The van der Waals surface area contributed by atoms with Crippen molar-refractivity contribution in [3.05, 3.63) is 63.5 Å². The number of thiophene rings is 1. The molecule has 3 aromatic rings. The second kappa shape index (κ2) is 9.71. The van der Waals surface area contributed by atoms with E-state index in [0.29, 0.717) is 5.75 Å². The normalized spacial score (nSPS) is 11.5. The first-order valence-corrected chi connectivity index (χ1v) is 12.0. The summed E-state index contributed by atoms with van der Waals surface area (Å²) in [4.78, 5) is 36.6. The number of carbonyl (C=O) groups excluding carboxylic acids is 2. The number of carbonyl (C=O) groups is 2. The molecule has 2 aromatic carbocycles. The Morgan fingerprint density at radius 2 is 1.74 bits per heavy atom. The van der Waals surface area contributed by atoms with Crippen LogP contribution in [0.1, 0.15) is 45.8 Å². The van der Waals surface area contributed by atoms with E-state index in [1.54, 1.807) is 31.7 Å². The molecule has 3 rings (SSSR count). The van der Waals surface area contributed by atoms with Crippen molar-refractivity contribution in [1.82, 2.24) is 0 Å². The fourth-order valence-corrected chi connectivity index (χ4v) is 4.89. The van der Waals surface area contributed by atoms with Crippen LogP contribution < -0.4 is 4.89 Å². The van der Waals surface area contributed by atoms with E-state index in [0.717, 1.165) is 37.2 Å². The van der Waals surface area contributed by atoms with Crippen LogP contribution in [-0.2, 0) is 9.68 Å². The fourth-order valence-electron chi connectivity index (χ4n) is 3.21. The Hall–Kier alpha value is -2.57. The average molecular weight is 455 g/mol. The Balaban J connectivity index is 1.80. The Kier molecular flexibility index (Phi) is 7.23. The van der Waals surface area contributed by atoms with Crippen molar-refractivity contribution in [1.29, 1.82) is 0 Å². The number of fused-ring (bicyclic) bond motifs is 1. The quantitative estimate of drug-likeness (QED) is 0.127. The maximum atomic E-state index is 12.9. The highest BCUT2D eigenvalue weighted by Gasteiger charge is 2.15. The second-order valence-electron chi connectivity index (χ2n) is 7.74. The molecule has 162 valence electrons. The summed E-state index contributed by atoms with van der Waals surface area (Å²) in [6, 6.07) is 10.1. The Bertz CT molecular complexity index is 1150. The predicted octanol–water partition coefficient (Wildman–Crippen LogP) is 6.94. The lowest BCUT2D eigenvalue weighted by molar-refractivity contribution is -0.218. The largest absolute Gasteiger partial charge is 0.357 e. The third-order valence-corrected chi connectivity index (χ3v) is 6.95. The van der Waals surface area contributed by atoms with Crippen molar-refractivity contribution in [3.8, 4) is 5.75 Å². The molecule has 0 amide bonds. The van der Waals surface area contributed by atoms with Gasteiger partial charge in [0.25, 0.3) is 0 Å². The fraction of sp³-hybridized carbons (Fsp3) is 0.280. The van der Waals surface area contributed by atoms with Gasteiger partial charge < -0.3 is 0 Å². The molecule has 0 bridgehead atoms. The molecule has 0 fully saturated rings. The summed E-state index contributed by atoms with van der Waals surface area (Å²) in [6.07, 6.45) is 5.47. The maximum absolute atomic E-state index is 12.9. The number of allylic oxidation sites excluding steroid dienone is 1. The predicted molar refractivity (Wildman–Crippen MR) is 129 cm³/mol. The van der Waals surface area contributed by atoms with Crippen LogP contribution in [0.25, 0.3) is 16.2 Å². The van der Waals surface area contributed by atoms with E-state index in [-0.39, 0.29) is 11.7 Å². The van der Waals surface area contributed by atoms with E-state index >= 15 is 0 Å². The van der Waals surface area contributed by atoms with Gasteiger partial charge in [-0.3, -0.25) is 14.6 Å². The molecule has 0 saturated heterocycles. The summed E-state index contributed by atoms with van der Waals surface area (Å²) in [5.74, 6) is -0.177. The smallest absolute Gasteiger partial charge is 0.288 e. The monoisotopic (exact) mass is 454 g/mol. The van der Waals surface area contributed by atoms with Gasteiger partial charge in [-0.25, -0.2) is 4.79 Å². The zero-order valence-electron chi connectivity index (χ0n) is 18.6. The Labute approximate surface area is 191 Å². The molecule has 0 aliphatic heterocycles. The van der Waals surface area contributed by atoms with Crippen LogP contribution in [0.4, 0.5) is 0 Å². The SMILES string of the molecule is CSc1ccc2c(C)c(C(=O)C=Cc3cc(C)c(OOC(=O)C(C)C)c(C)c3)sc2c1. The Morgan fingerprint density at radius 3 is 2.35 bits per heavy atom. The van der Waals surface area contributed by atoms with Gasteiger partial charge in [-0.1, -0.05) is 26.0 Å². The first kappa shape index (κ1) is 23.1. The molecule has 6 heteroatoms. The van der Waals surface area contributed by atoms with Gasteiger partial charge in [0.2, 0.25) is 0 Å². The van der Waals surface area contributed by atoms with E-state index in [2.05, 4.69) is 18.2 Å². The summed E-state index contributed by atoms with van der Waals surface area (Å²) in [5.41, 5.74) is 3.55. The number of rotatable bonds is 7. The molecule has 0 N–H and O–H groups in total. The first-order valence-electron chi connectivity index (χ1n) is 10.0. The highest BCUT2D eigenvalue weighted by molar-refractivity contribution is 7.98. The number of hydrogen-bond donors (Lipinski definition) is 0. The molecule has 0 saturated carbocycles. The van der Waals surface area contributed by atoms with Crippen molar-refractivity contribution < 1.29 is 19.4 Å². The number of benzene rings is 2. The zero-order valence-corrected chi connectivity index (χ0v) is 20.2. The van der Waals surface area contributed by atoms with Crippen LogP contribution in [0, 0.1) is 26.7 Å². The molecule has 0 unspecified atom stereocenters. The van der Waals surface area contributed by atoms with E-state index in [9.17, 15) is 9.59 Å². The average Bonchev–Trinajstić information content (AvgIpc) is 3.06. The van der Waals surface area contributed by atoms with Crippen LogP contribution in [0.15, 0.2) is 41.3 Å². The molecule has 1 aromatic heterocycles. The summed E-state index contributed by atoms with van der Waals surface area (Å²) in [5, 5.41) is 1.13. The summed E-state index contributed by atoms with van der Waals surface area (Å²) < 4.78 is 1.13. The van der Waals surface area contributed by atoms with Crippen LogP contribution in [0.2, 0.25) is 0 Å². The lowest BCUT2D eigenvalue weighted by Gasteiger charge is -2.11. The van der Waals surface area contributed by atoms with Crippen molar-refractivity contribution >= 4 is 51.0 Å². The summed E-state index contributed by atoms with van der Waals surface area (Å²) in [6.45, 7) is 9.25. The molecule has 4 nitrogen and oxygen atoms in total. The first-order chi connectivity index (χ1) is 14.7. The van der Waals surface area contributed by atoms with Crippen molar-refractivity contribution in [2.75, 3.05) is 6.26 Å². The minimum atomic E-state index is -0.420. The van der Waals surface area contributed by atoms with Crippen LogP contribution in [-0.4, -0.2) is 18.0 Å². The maximum Gasteiger partial charge on any atom is 0.357 e. The van der Waals surface area contributed by atoms with Gasteiger partial charge in [0.15, 0.2) is 11.5 Å². The van der Waals surface area contributed by atoms with Gasteiger partial charge in [-0.15, -0.1) is 23.1 Å². The molecule has 1 heterocycles. The van der Waals surface area contributed by atoms with E-state index < -0.39 is 5.97 Å². The molecule has 0 aliphatic carbocycles. The molecular weight excluding hydrogens is 428 g/mol. The lowest BCUT2D eigenvalue weighted by Crippen LogP contribution is -2.14. The third kappa shape index (κ3) is 5.20. The molecule has 0 aliphatic rings. The van der Waals surface area contributed by atoms with E-state index in [1.807, 2.05) is 45.2 Å². The molecule has 0 radical (unpaired) electrons. The highest BCUT2D eigenvalue weighted by atomic mass is 32.2. The third-order valence-electron chi connectivity index (χ3n) is 4.96. The van der Waals surface area contributed by atoms with Gasteiger partial charge in [-0.05, 0) is 85.0 Å². The zero-order chi connectivity index (χ0) is 22.7. The minimum absolute atomic E-state index is 0.00843. The van der Waals surface area contributed by atoms with Crippen molar-refractivity contribution in [2.24, 2.45) is 5.92 Å². The van der Waals surface area contributed by atoms with Crippen LogP contribution in [0.3, 0.4) is 0 Å². The molecule has 0 spiro atoms. The highest BCUT2D eigenvalue weighted by Crippen LogP contribution is 2.34. The van der Waals surface area contributed by atoms with Crippen LogP contribution in [0.5, 0.6) is 5.75 Å². The molecule has 0 atom stereocenters. The van der Waals surface area contributed by atoms with E-state index in [4.69, 9.17) is 9.78 Å². The Morgan fingerprint density at radius 1 is 1.06 bits per heavy atom. The van der Waals surface area contributed by atoms with Gasteiger partial charge in [0.1, 0.15) is 0 Å². The van der Waals surface area contributed by atoms with Crippen molar-refractivity contribution in [3.63, 3.8) is 0 Å². The second-order valence-corrected chi connectivity index (χ2v) is 9.67. The topological polar surface area (TPSA) is 52.6 Å². The summed E-state index contributed by atoms with van der Waals surface area (Å²) >= 11 is 3.23. The lowest BCUT2D eigenvalue weighted by atomic mass is 10.0. The standard InChI is InChI=1S/C25H26O4S2/c1-14(2)25(27)29-28-23-15(3)11-18(12-16(23)4)7-10-21(26)24-17(5)20-9-8-19(30-6)13-22(20)31-24/h7-14H,1-6H3. The number of thioether (sulfide) groups is 1. The van der Waals surface area contributed by atoms with Gasteiger partial charge in [0, 0.05) is 9.60 Å². The minimum Gasteiger partial charge on any atom is -0.288 e. The van der Waals surface area contributed by atoms with E-state index in [1.165, 1.54) is 16.2 Å². The van der Waals surface area contributed by atoms with Crippen molar-refractivity contribution in [2.45, 2.75) is 39.5 Å². The number of hydrogen-bond acceptors (Lipinski definition) is 6. The molecule has 31 heavy (non-hydrogen) atoms. The van der Waals surface area contributed by atoms with Gasteiger partial charge >= 0.3 is 5.97 Å². The number of aryl methyl sites for hydroxylation is 3. The number of ketones is 1. The molecular formula is C25H26O4S2. The van der Waals surface area contributed by atoms with Gasteiger partial charge in [-0.2, -0.15) is 0 Å². The van der Waals surface area contributed by atoms with Crippen LogP contribution >= 0.6 is 23.1 Å². The van der Waals surface area contributed by atoms with Gasteiger partial charge in [0.05, 0.1) is 10.8 Å². The summed E-state index contributed by atoms with van der Waals surface area (Å²) in [7, 11) is 0.